The molecule has 0 fully saturated rings. The Bertz CT molecular complexity index is 756. The molecule has 2 aromatic heterocycles. The van der Waals surface area contributed by atoms with E-state index in [2.05, 4.69) is 10.1 Å². The second-order valence-corrected chi connectivity index (χ2v) is 4.81. The number of rotatable bonds is 3. The number of benzene rings is 1. The van der Waals surface area contributed by atoms with Gasteiger partial charge in [-0.15, -0.1) is 0 Å². The van der Waals surface area contributed by atoms with Crippen LogP contribution in [0.15, 0.2) is 43.0 Å². The van der Waals surface area contributed by atoms with E-state index in [1.165, 1.54) is 0 Å². The molecule has 1 unspecified atom stereocenters. The summed E-state index contributed by atoms with van der Waals surface area (Å²) in [6.07, 6.45) is 6.93. The van der Waals surface area contributed by atoms with E-state index in [0.717, 1.165) is 16.6 Å². The van der Waals surface area contributed by atoms with Crippen molar-refractivity contribution in [2.24, 2.45) is 5.73 Å². The molecule has 3 rings (SSSR count). The highest BCUT2D eigenvalue weighted by Gasteiger charge is 2.18. The normalized spacial score (nSPS) is 12.6. The quantitative estimate of drug-likeness (QED) is 0.804. The van der Waals surface area contributed by atoms with Gasteiger partial charge in [0.25, 0.3) is 0 Å². The summed E-state index contributed by atoms with van der Waals surface area (Å²) in [6.45, 7) is 0. The molecule has 2 heterocycles. The van der Waals surface area contributed by atoms with Crippen molar-refractivity contribution in [2.45, 2.75) is 6.04 Å². The molecule has 0 radical (unpaired) electrons. The zero-order valence-corrected chi connectivity index (χ0v) is 11.6. The van der Waals surface area contributed by atoms with Gasteiger partial charge < -0.3 is 10.5 Å². The van der Waals surface area contributed by atoms with Crippen LogP contribution in [-0.4, -0.2) is 21.7 Å². The Hall–Kier alpha value is -2.11. The number of methoxy groups -OCH3 is 1. The van der Waals surface area contributed by atoms with Crippen molar-refractivity contribution < 1.29 is 4.74 Å². The third kappa shape index (κ3) is 2.11. The first-order valence-electron chi connectivity index (χ1n) is 6.07. The van der Waals surface area contributed by atoms with Gasteiger partial charge in [0.2, 0.25) is 0 Å². The van der Waals surface area contributed by atoms with Crippen molar-refractivity contribution in [3.63, 3.8) is 0 Å². The van der Waals surface area contributed by atoms with E-state index in [9.17, 15) is 0 Å². The molecule has 102 valence electrons. The lowest BCUT2D eigenvalue weighted by Crippen LogP contribution is -2.13. The third-order valence-electron chi connectivity index (χ3n) is 3.22. The summed E-state index contributed by atoms with van der Waals surface area (Å²) in [5, 5.41) is 4.88. The fourth-order valence-electron chi connectivity index (χ4n) is 2.21. The number of hydrogen-bond donors (Lipinski definition) is 1. The number of nitrogens with zero attached hydrogens (tertiary/aromatic N) is 3. The Kier molecular flexibility index (Phi) is 3.30. The Morgan fingerprint density at radius 3 is 2.95 bits per heavy atom. The first-order valence-corrected chi connectivity index (χ1v) is 6.45. The molecule has 0 amide bonds. The Morgan fingerprint density at radius 1 is 1.30 bits per heavy atom. The average Bonchev–Trinajstić information content (AvgIpc) is 2.90. The van der Waals surface area contributed by atoms with Crippen molar-refractivity contribution in [1.82, 2.24) is 14.6 Å². The lowest BCUT2D eigenvalue weighted by atomic mass is 10.0. The van der Waals surface area contributed by atoms with E-state index < -0.39 is 0 Å². The van der Waals surface area contributed by atoms with E-state index in [-0.39, 0.29) is 6.04 Å². The third-order valence-corrected chi connectivity index (χ3v) is 3.45. The van der Waals surface area contributed by atoms with Crippen LogP contribution in [0.3, 0.4) is 0 Å². The van der Waals surface area contributed by atoms with E-state index in [4.69, 9.17) is 22.1 Å². The summed E-state index contributed by atoms with van der Waals surface area (Å²) in [5.41, 5.74) is 8.91. The lowest BCUT2D eigenvalue weighted by molar-refractivity contribution is 0.408. The first-order chi connectivity index (χ1) is 9.70. The van der Waals surface area contributed by atoms with Crippen molar-refractivity contribution >= 4 is 17.1 Å². The van der Waals surface area contributed by atoms with E-state index in [1.807, 2.05) is 12.1 Å². The Morgan fingerprint density at radius 2 is 2.15 bits per heavy atom. The van der Waals surface area contributed by atoms with Crippen molar-refractivity contribution in [1.29, 1.82) is 0 Å². The van der Waals surface area contributed by atoms with Gasteiger partial charge in [0.15, 0.2) is 0 Å². The highest BCUT2D eigenvalue weighted by molar-refractivity contribution is 6.30. The maximum absolute atomic E-state index is 6.35. The van der Waals surface area contributed by atoms with E-state index >= 15 is 0 Å². The van der Waals surface area contributed by atoms with Crippen LogP contribution in [0.25, 0.3) is 5.52 Å². The molecule has 0 aliphatic rings. The minimum absolute atomic E-state index is 0.384. The van der Waals surface area contributed by atoms with Crippen LogP contribution in [0.4, 0.5) is 0 Å². The molecule has 5 nitrogen and oxygen atoms in total. The van der Waals surface area contributed by atoms with Gasteiger partial charge in [0, 0.05) is 28.5 Å². The molecule has 1 aromatic carbocycles. The summed E-state index contributed by atoms with van der Waals surface area (Å²) < 4.78 is 7.09. The second-order valence-electron chi connectivity index (χ2n) is 4.37. The molecule has 3 aromatic rings. The summed E-state index contributed by atoms with van der Waals surface area (Å²) in [6, 6.07) is 5.01. The van der Waals surface area contributed by atoms with Gasteiger partial charge in [-0.2, -0.15) is 5.10 Å². The second kappa shape index (κ2) is 5.11. The minimum atomic E-state index is -0.384. The maximum Gasteiger partial charge on any atom is 0.124 e. The number of halogens is 1. The van der Waals surface area contributed by atoms with Gasteiger partial charge in [0.1, 0.15) is 5.75 Å². The fraction of sp³-hybridized carbons (Fsp3) is 0.143. The van der Waals surface area contributed by atoms with Gasteiger partial charge >= 0.3 is 0 Å². The zero-order valence-electron chi connectivity index (χ0n) is 10.8. The number of aromatic nitrogens is 3. The smallest absolute Gasteiger partial charge is 0.124 e. The first kappa shape index (κ1) is 12.9. The van der Waals surface area contributed by atoms with Crippen LogP contribution in [-0.2, 0) is 0 Å². The molecule has 0 saturated heterocycles. The van der Waals surface area contributed by atoms with Crippen LogP contribution in [0.5, 0.6) is 5.75 Å². The average molecular weight is 289 g/mol. The molecular weight excluding hydrogens is 276 g/mol. The van der Waals surface area contributed by atoms with Crippen molar-refractivity contribution in [3.05, 3.63) is 59.1 Å². The largest absolute Gasteiger partial charge is 0.496 e. The molecule has 6 heteroatoms. The molecule has 2 N–H and O–H groups in total. The molecular formula is C14H13ClN4O. The van der Waals surface area contributed by atoms with Gasteiger partial charge in [-0.25, -0.2) is 4.52 Å². The predicted molar refractivity (Wildman–Crippen MR) is 77.0 cm³/mol. The van der Waals surface area contributed by atoms with E-state index in [1.54, 1.807) is 42.5 Å². The predicted octanol–water partition coefficient (Wildman–Crippen LogP) is 2.44. The fourth-order valence-corrected chi connectivity index (χ4v) is 2.39. The summed E-state index contributed by atoms with van der Waals surface area (Å²) in [4.78, 5) is 4.11. The Balaban J connectivity index is 2.13. The van der Waals surface area contributed by atoms with Crippen molar-refractivity contribution in [2.75, 3.05) is 7.11 Å². The SMILES string of the molecule is COc1ccc(Cl)cc1C(N)c1cnn2ccncc12. The zero-order chi connectivity index (χ0) is 14.1. The minimum Gasteiger partial charge on any atom is -0.496 e. The molecule has 0 aliphatic carbocycles. The molecule has 0 saturated carbocycles. The van der Waals surface area contributed by atoms with Crippen LogP contribution in [0.2, 0.25) is 5.02 Å². The van der Waals surface area contributed by atoms with Gasteiger partial charge in [-0.1, -0.05) is 11.6 Å². The van der Waals surface area contributed by atoms with Crippen molar-refractivity contribution in [3.8, 4) is 5.75 Å². The lowest BCUT2D eigenvalue weighted by Gasteiger charge is -2.15. The van der Waals surface area contributed by atoms with Gasteiger partial charge in [-0.3, -0.25) is 4.98 Å². The van der Waals surface area contributed by atoms with Crippen LogP contribution < -0.4 is 10.5 Å². The molecule has 20 heavy (non-hydrogen) atoms. The topological polar surface area (TPSA) is 65.4 Å². The monoisotopic (exact) mass is 288 g/mol. The van der Waals surface area contributed by atoms with Gasteiger partial charge in [0.05, 0.1) is 31.1 Å². The standard InChI is InChI=1S/C14H13ClN4O/c1-20-13-3-2-9(15)6-10(13)14(16)11-7-18-19-5-4-17-8-12(11)19/h2-8,14H,16H2,1H3. The van der Waals surface area contributed by atoms with Crippen LogP contribution in [0, 0.1) is 0 Å². The summed E-state index contributed by atoms with van der Waals surface area (Å²) >= 11 is 6.05. The molecule has 0 bridgehead atoms. The molecule has 0 aliphatic heterocycles. The molecule has 0 spiro atoms. The molecule has 1 atom stereocenters. The maximum atomic E-state index is 6.35. The summed E-state index contributed by atoms with van der Waals surface area (Å²) in [7, 11) is 1.61. The van der Waals surface area contributed by atoms with E-state index in [0.29, 0.717) is 10.8 Å². The van der Waals surface area contributed by atoms with Crippen LogP contribution >= 0.6 is 11.6 Å². The number of hydrogen-bond acceptors (Lipinski definition) is 4. The summed E-state index contributed by atoms with van der Waals surface area (Å²) in [5.74, 6) is 0.699. The number of nitrogens with two attached hydrogens (primary N) is 1. The van der Waals surface area contributed by atoms with Crippen LogP contribution in [0.1, 0.15) is 17.2 Å². The Labute approximate surface area is 121 Å². The van der Waals surface area contributed by atoms with Gasteiger partial charge in [-0.05, 0) is 18.2 Å². The highest BCUT2D eigenvalue weighted by Crippen LogP contribution is 2.32. The number of ether oxygens (including phenoxy) is 1. The highest BCUT2D eigenvalue weighted by atomic mass is 35.5. The number of fused-ring (bicyclic) bond motifs is 1.